The van der Waals surface area contributed by atoms with Gasteiger partial charge in [-0.15, -0.1) is 0 Å². The number of para-hydroxylation sites is 1. The first-order valence-electron chi connectivity index (χ1n) is 9.27. The molecule has 1 atom stereocenters. The molecule has 138 valence electrons. The molecule has 1 aliphatic rings. The summed E-state index contributed by atoms with van der Waals surface area (Å²) < 4.78 is 1.98. The molecule has 0 radical (unpaired) electrons. The first-order valence-corrected chi connectivity index (χ1v) is 9.27. The van der Waals surface area contributed by atoms with E-state index in [0.29, 0.717) is 6.42 Å². The van der Waals surface area contributed by atoms with Crippen molar-refractivity contribution in [3.05, 3.63) is 78.4 Å². The number of hydrogen-bond acceptors (Lipinski definition) is 4. The summed E-state index contributed by atoms with van der Waals surface area (Å²) in [6, 6.07) is 16.4. The van der Waals surface area contributed by atoms with Crippen molar-refractivity contribution < 1.29 is 4.79 Å². The molecule has 1 amide bonds. The fraction of sp³-hybridized carbons (Fsp3) is 0.286. The number of amides is 1. The summed E-state index contributed by atoms with van der Waals surface area (Å²) in [5.74, 6) is 0.149. The molecular weight excluding hydrogens is 338 g/mol. The summed E-state index contributed by atoms with van der Waals surface area (Å²) in [7, 11) is 0. The summed E-state index contributed by atoms with van der Waals surface area (Å²) in [6.07, 6.45) is 7.03. The molecule has 0 aliphatic carbocycles. The Morgan fingerprint density at radius 2 is 1.96 bits per heavy atom. The van der Waals surface area contributed by atoms with E-state index in [9.17, 15) is 4.79 Å². The SMILES string of the molecule is O=C1CC[C@@H](CN(Cc2cccnc2)Cc2ccnn2-c2ccccc2)N1. The highest BCUT2D eigenvalue weighted by Gasteiger charge is 2.24. The zero-order valence-corrected chi connectivity index (χ0v) is 15.2. The average molecular weight is 361 g/mol. The van der Waals surface area contributed by atoms with Gasteiger partial charge in [-0.1, -0.05) is 24.3 Å². The number of carbonyl (C=O) groups excluding carboxylic acids is 1. The molecular formula is C21H23N5O. The second kappa shape index (κ2) is 8.14. The molecule has 6 nitrogen and oxygen atoms in total. The van der Waals surface area contributed by atoms with Crippen LogP contribution in [0, 0.1) is 0 Å². The zero-order chi connectivity index (χ0) is 18.5. The van der Waals surface area contributed by atoms with Crippen LogP contribution in [0.25, 0.3) is 5.69 Å². The van der Waals surface area contributed by atoms with Gasteiger partial charge in [0.1, 0.15) is 0 Å². The smallest absolute Gasteiger partial charge is 0.220 e. The van der Waals surface area contributed by atoms with E-state index in [0.717, 1.165) is 43.0 Å². The van der Waals surface area contributed by atoms with Gasteiger partial charge in [-0.3, -0.25) is 14.7 Å². The first-order chi connectivity index (χ1) is 13.3. The Morgan fingerprint density at radius 1 is 1.07 bits per heavy atom. The topological polar surface area (TPSA) is 63.1 Å². The Balaban J connectivity index is 1.54. The van der Waals surface area contributed by atoms with Gasteiger partial charge in [0, 0.05) is 50.7 Å². The van der Waals surface area contributed by atoms with Crippen LogP contribution in [0.2, 0.25) is 0 Å². The van der Waals surface area contributed by atoms with Crippen LogP contribution in [-0.2, 0) is 17.9 Å². The summed E-state index contributed by atoms with van der Waals surface area (Å²) in [6.45, 7) is 2.33. The monoisotopic (exact) mass is 361 g/mol. The quantitative estimate of drug-likeness (QED) is 0.702. The van der Waals surface area contributed by atoms with Crippen molar-refractivity contribution in [3.63, 3.8) is 0 Å². The average Bonchev–Trinajstić information content (AvgIpc) is 3.32. The molecule has 1 aliphatic heterocycles. The second-order valence-electron chi connectivity index (χ2n) is 6.90. The number of hydrogen-bond donors (Lipinski definition) is 1. The van der Waals surface area contributed by atoms with E-state index in [1.165, 1.54) is 0 Å². The molecule has 6 heteroatoms. The zero-order valence-electron chi connectivity index (χ0n) is 15.2. The van der Waals surface area contributed by atoms with E-state index in [1.807, 2.05) is 41.3 Å². The molecule has 0 saturated carbocycles. The van der Waals surface area contributed by atoms with Crippen LogP contribution >= 0.6 is 0 Å². The third kappa shape index (κ3) is 4.41. The van der Waals surface area contributed by atoms with E-state index in [1.54, 1.807) is 6.20 Å². The van der Waals surface area contributed by atoms with Crippen LogP contribution in [0.5, 0.6) is 0 Å². The molecule has 2 aromatic heterocycles. The number of benzene rings is 1. The Labute approximate surface area is 158 Å². The third-order valence-electron chi connectivity index (χ3n) is 4.80. The lowest BCUT2D eigenvalue weighted by molar-refractivity contribution is -0.119. The first kappa shape index (κ1) is 17.4. The molecule has 1 aromatic carbocycles. The Hall–Kier alpha value is -2.99. The largest absolute Gasteiger partial charge is 0.352 e. The Morgan fingerprint density at radius 3 is 2.70 bits per heavy atom. The van der Waals surface area contributed by atoms with Gasteiger partial charge in [0.2, 0.25) is 5.91 Å². The fourth-order valence-electron chi connectivity index (χ4n) is 3.54. The van der Waals surface area contributed by atoms with Crippen molar-refractivity contribution >= 4 is 5.91 Å². The minimum Gasteiger partial charge on any atom is -0.352 e. The number of carbonyl (C=O) groups is 1. The highest BCUT2D eigenvalue weighted by Crippen LogP contribution is 2.16. The van der Waals surface area contributed by atoms with Crippen molar-refractivity contribution in [3.8, 4) is 5.69 Å². The highest BCUT2D eigenvalue weighted by molar-refractivity contribution is 5.78. The second-order valence-corrected chi connectivity index (χ2v) is 6.90. The number of aromatic nitrogens is 3. The van der Waals surface area contributed by atoms with Gasteiger partial charge < -0.3 is 5.32 Å². The maximum absolute atomic E-state index is 11.6. The Bertz CT molecular complexity index is 878. The summed E-state index contributed by atoms with van der Waals surface area (Å²) in [4.78, 5) is 18.2. The summed E-state index contributed by atoms with van der Waals surface area (Å²) >= 11 is 0. The van der Waals surface area contributed by atoms with Crippen LogP contribution in [0.3, 0.4) is 0 Å². The molecule has 27 heavy (non-hydrogen) atoms. The fourth-order valence-corrected chi connectivity index (χ4v) is 3.54. The lowest BCUT2D eigenvalue weighted by Gasteiger charge is -2.25. The lowest BCUT2D eigenvalue weighted by atomic mass is 10.2. The lowest BCUT2D eigenvalue weighted by Crippen LogP contribution is -2.38. The van der Waals surface area contributed by atoms with Gasteiger partial charge in [-0.05, 0) is 36.2 Å². The molecule has 0 spiro atoms. The van der Waals surface area contributed by atoms with E-state index >= 15 is 0 Å². The predicted molar refractivity (Wildman–Crippen MR) is 103 cm³/mol. The molecule has 1 saturated heterocycles. The van der Waals surface area contributed by atoms with Gasteiger partial charge >= 0.3 is 0 Å². The maximum atomic E-state index is 11.6. The minimum absolute atomic E-state index is 0.149. The maximum Gasteiger partial charge on any atom is 0.220 e. The Kier molecular flexibility index (Phi) is 5.25. The van der Waals surface area contributed by atoms with Crippen LogP contribution in [-0.4, -0.2) is 38.2 Å². The van der Waals surface area contributed by atoms with E-state index in [-0.39, 0.29) is 11.9 Å². The van der Waals surface area contributed by atoms with E-state index in [2.05, 4.69) is 44.6 Å². The van der Waals surface area contributed by atoms with Gasteiger partial charge in [-0.2, -0.15) is 5.10 Å². The van der Waals surface area contributed by atoms with Gasteiger partial charge in [-0.25, -0.2) is 4.68 Å². The van der Waals surface area contributed by atoms with E-state index in [4.69, 9.17) is 0 Å². The van der Waals surface area contributed by atoms with Crippen LogP contribution in [0.1, 0.15) is 24.1 Å². The number of rotatable bonds is 7. The van der Waals surface area contributed by atoms with Gasteiger partial charge in [0.25, 0.3) is 0 Å². The molecule has 0 bridgehead atoms. The van der Waals surface area contributed by atoms with Crippen molar-refractivity contribution in [2.75, 3.05) is 6.54 Å². The molecule has 0 unspecified atom stereocenters. The molecule has 1 fully saturated rings. The van der Waals surface area contributed by atoms with Crippen LogP contribution in [0.4, 0.5) is 0 Å². The van der Waals surface area contributed by atoms with Crippen molar-refractivity contribution in [2.45, 2.75) is 32.0 Å². The van der Waals surface area contributed by atoms with Crippen LogP contribution < -0.4 is 5.32 Å². The molecule has 1 N–H and O–H groups in total. The van der Waals surface area contributed by atoms with Gasteiger partial charge in [0.15, 0.2) is 0 Å². The predicted octanol–water partition coefficient (Wildman–Crippen LogP) is 2.55. The highest BCUT2D eigenvalue weighted by atomic mass is 16.1. The van der Waals surface area contributed by atoms with Crippen molar-refractivity contribution in [2.24, 2.45) is 0 Å². The molecule has 3 aromatic rings. The summed E-state index contributed by atoms with van der Waals surface area (Å²) in [5, 5.41) is 7.58. The van der Waals surface area contributed by atoms with E-state index < -0.39 is 0 Å². The summed E-state index contributed by atoms with van der Waals surface area (Å²) in [5.41, 5.74) is 3.33. The third-order valence-corrected chi connectivity index (χ3v) is 4.80. The standard InChI is InChI=1S/C21H23N5O/c27-21-9-8-18(24-21)15-25(14-17-5-4-11-22-13-17)16-20-10-12-23-26(20)19-6-2-1-3-7-19/h1-7,10-13,18H,8-9,14-16H2,(H,24,27)/t18-/m0/s1. The van der Waals surface area contributed by atoms with Gasteiger partial charge in [0.05, 0.1) is 11.4 Å². The minimum atomic E-state index is 0.149. The number of nitrogens with one attached hydrogen (secondary N) is 1. The van der Waals surface area contributed by atoms with Crippen LogP contribution in [0.15, 0.2) is 67.1 Å². The van der Waals surface area contributed by atoms with Crippen molar-refractivity contribution in [1.82, 2.24) is 25.0 Å². The molecule has 4 rings (SSSR count). The normalized spacial score (nSPS) is 16.6. The van der Waals surface area contributed by atoms with Crippen molar-refractivity contribution in [1.29, 1.82) is 0 Å². The number of nitrogens with zero attached hydrogens (tertiary/aromatic N) is 4. The number of pyridine rings is 1. The molecule has 3 heterocycles.